The smallest absolute Gasteiger partial charge is 0.260 e. The Morgan fingerprint density at radius 3 is 1.10 bits per heavy atom. The number of aryl methyl sites for hydroxylation is 2. The van der Waals surface area contributed by atoms with Crippen LogP contribution in [0.4, 0.5) is 0 Å². The number of carbonyl (C=O) groups excluding carboxylic acids is 2. The van der Waals surface area contributed by atoms with Crippen molar-refractivity contribution in [2.75, 3.05) is 13.1 Å². The van der Waals surface area contributed by atoms with Crippen LogP contribution >= 0.6 is 0 Å². The van der Waals surface area contributed by atoms with Crippen LogP contribution < -0.4 is 5.73 Å². The number of hydrogen-bond donors (Lipinski definition) is 1. The summed E-state index contributed by atoms with van der Waals surface area (Å²) in [6.45, 7) is 5.66. The summed E-state index contributed by atoms with van der Waals surface area (Å²) in [6.07, 6.45) is 32.5. The van der Waals surface area contributed by atoms with E-state index in [-0.39, 0.29) is 11.8 Å². The number of unbranched alkanes of at least 4 members (excludes halogenated alkanes) is 21. The SMILES string of the molecule is CCCCCCCCCCCCc1ccc(C(=O)N(CCCCCCN)C(=O)c2ccc(CCCCCCCCCCCC)cc2)cc1. The summed E-state index contributed by atoms with van der Waals surface area (Å²) < 4.78 is 0. The lowest BCUT2D eigenvalue weighted by atomic mass is 10.0. The van der Waals surface area contributed by atoms with Crippen molar-refractivity contribution < 1.29 is 9.59 Å². The van der Waals surface area contributed by atoms with E-state index in [2.05, 4.69) is 38.1 Å². The van der Waals surface area contributed by atoms with Gasteiger partial charge in [-0.2, -0.15) is 0 Å². The fourth-order valence-corrected chi connectivity index (χ4v) is 6.64. The molecule has 0 saturated carbocycles. The van der Waals surface area contributed by atoms with Gasteiger partial charge in [-0.3, -0.25) is 14.5 Å². The van der Waals surface area contributed by atoms with Gasteiger partial charge in [-0.05, 0) is 80.5 Å². The predicted octanol–water partition coefficient (Wildman–Crippen LogP) is 12.4. The van der Waals surface area contributed by atoms with Crippen molar-refractivity contribution in [1.82, 2.24) is 4.90 Å². The van der Waals surface area contributed by atoms with Crippen LogP contribution in [0.2, 0.25) is 0 Å². The summed E-state index contributed by atoms with van der Waals surface area (Å²) in [7, 11) is 0. The van der Waals surface area contributed by atoms with Gasteiger partial charge in [-0.25, -0.2) is 0 Å². The Hall–Kier alpha value is -2.46. The van der Waals surface area contributed by atoms with Crippen LogP contribution in [0.25, 0.3) is 0 Å². The molecule has 2 aromatic carbocycles. The highest BCUT2D eigenvalue weighted by Crippen LogP contribution is 2.18. The van der Waals surface area contributed by atoms with E-state index in [9.17, 15) is 9.59 Å². The molecule has 270 valence electrons. The van der Waals surface area contributed by atoms with Crippen LogP contribution in [-0.2, 0) is 12.8 Å². The molecule has 48 heavy (non-hydrogen) atoms. The van der Waals surface area contributed by atoms with E-state index >= 15 is 0 Å². The molecule has 0 fully saturated rings. The van der Waals surface area contributed by atoms with E-state index in [1.165, 1.54) is 144 Å². The molecule has 0 aliphatic heterocycles. The molecule has 0 aliphatic rings. The van der Waals surface area contributed by atoms with Gasteiger partial charge in [0.05, 0.1) is 0 Å². The monoisotopic (exact) mass is 661 g/mol. The first-order chi connectivity index (χ1) is 23.6. The molecule has 2 amide bonds. The predicted molar refractivity (Wildman–Crippen MR) is 207 cm³/mol. The molecule has 4 nitrogen and oxygen atoms in total. The van der Waals surface area contributed by atoms with Crippen LogP contribution in [0.3, 0.4) is 0 Å². The van der Waals surface area contributed by atoms with Crippen molar-refractivity contribution in [1.29, 1.82) is 0 Å². The number of benzene rings is 2. The first-order valence-electron chi connectivity index (χ1n) is 20.3. The summed E-state index contributed by atoms with van der Waals surface area (Å²) in [4.78, 5) is 28.9. The lowest BCUT2D eigenvalue weighted by Crippen LogP contribution is -2.37. The van der Waals surface area contributed by atoms with Crippen LogP contribution in [0.15, 0.2) is 48.5 Å². The normalized spacial score (nSPS) is 11.2. The zero-order valence-electron chi connectivity index (χ0n) is 31.3. The van der Waals surface area contributed by atoms with Gasteiger partial charge in [0.25, 0.3) is 11.8 Å². The van der Waals surface area contributed by atoms with Gasteiger partial charge >= 0.3 is 0 Å². The molecule has 0 heterocycles. The average molecular weight is 661 g/mol. The van der Waals surface area contributed by atoms with Gasteiger partial charge in [0.1, 0.15) is 0 Å². The second-order valence-corrected chi connectivity index (χ2v) is 14.2. The zero-order valence-corrected chi connectivity index (χ0v) is 31.3. The summed E-state index contributed by atoms with van der Waals surface area (Å²) in [5, 5.41) is 0. The number of hydrogen-bond acceptors (Lipinski definition) is 3. The highest BCUT2D eigenvalue weighted by molar-refractivity contribution is 6.10. The number of nitrogens with zero attached hydrogens (tertiary/aromatic N) is 1. The number of nitrogens with two attached hydrogens (primary N) is 1. The van der Waals surface area contributed by atoms with Crippen molar-refractivity contribution in [3.05, 3.63) is 70.8 Å². The summed E-state index contributed by atoms with van der Waals surface area (Å²) >= 11 is 0. The van der Waals surface area contributed by atoms with Crippen molar-refractivity contribution in [3.63, 3.8) is 0 Å². The van der Waals surface area contributed by atoms with E-state index in [1.807, 2.05) is 24.3 Å². The minimum atomic E-state index is -0.196. The molecule has 0 saturated heterocycles. The maximum absolute atomic E-state index is 13.7. The molecular formula is C44H72N2O2. The zero-order chi connectivity index (χ0) is 34.5. The average Bonchev–Trinajstić information content (AvgIpc) is 3.11. The fourth-order valence-electron chi connectivity index (χ4n) is 6.64. The molecule has 0 unspecified atom stereocenters. The first kappa shape index (κ1) is 41.7. The van der Waals surface area contributed by atoms with Crippen LogP contribution in [-0.4, -0.2) is 29.8 Å². The highest BCUT2D eigenvalue weighted by Gasteiger charge is 2.24. The summed E-state index contributed by atoms with van der Waals surface area (Å²) in [5.41, 5.74) is 9.40. The lowest BCUT2D eigenvalue weighted by molar-refractivity contribution is 0.0613. The Morgan fingerprint density at radius 2 is 0.750 bits per heavy atom. The second kappa shape index (κ2) is 28.4. The number of amides is 2. The Kier molecular flexibility index (Phi) is 24.7. The summed E-state index contributed by atoms with van der Waals surface area (Å²) in [6, 6.07) is 16.0. The molecule has 4 heteroatoms. The van der Waals surface area contributed by atoms with Crippen LogP contribution in [0.1, 0.15) is 200 Å². The van der Waals surface area contributed by atoms with E-state index in [0.29, 0.717) is 24.2 Å². The third-order valence-electron chi connectivity index (χ3n) is 9.87. The van der Waals surface area contributed by atoms with Crippen LogP contribution in [0, 0.1) is 0 Å². The van der Waals surface area contributed by atoms with Gasteiger partial charge in [0, 0.05) is 17.7 Å². The van der Waals surface area contributed by atoms with Crippen molar-refractivity contribution in [2.45, 2.75) is 181 Å². The molecule has 0 bridgehead atoms. The minimum Gasteiger partial charge on any atom is -0.330 e. The standard InChI is InChI=1S/C44H72N2O2/c1-3-5-7-9-11-13-15-17-19-23-27-39-29-33-41(34-30-39)43(47)46(38-26-22-21-25-37-45)44(48)42-35-31-40(32-36-42)28-24-20-18-16-14-12-10-8-6-4-2/h29-36H,3-28,37-38,45H2,1-2H3. The maximum Gasteiger partial charge on any atom is 0.260 e. The lowest BCUT2D eigenvalue weighted by Gasteiger charge is -2.21. The number of imide groups is 1. The molecule has 0 radical (unpaired) electrons. The topological polar surface area (TPSA) is 63.4 Å². The third kappa shape index (κ3) is 18.9. The molecule has 0 aliphatic carbocycles. The summed E-state index contributed by atoms with van der Waals surface area (Å²) in [5.74, 6) is -0.391. The molecule has 0 aromatic heterocycles. The Bertz CT molecular complexity index is 983. The van der Waals surface area contributed by atoms with E-state index in [1.54, 1.807) is 0 Å². The molecular weight excluding hydrogens is 588 g/mol. The maximum atomic E-state index is 13.7. The van der Waals surface area contributed by atoms with Crippen molar-refractivity contribution >= 4 is 11.8 Å². The first-order valence-corrected chi connectivity index (χ1v) is 20.3. The van der Waals surface area contributed by atoms with E-state index in [0.717, 1.165) is 38.5 Å². The van der Waals surface area contributed by atoms with Crippen LogP contribution in [0.5, 0.6) is 0 Å². The minimum absolute atomic E-state index is 0.196. The number of rotatable bonds is 30. The molecule has 0 spiro atoms. The van der Waals surface area contributed by atoms with Gasteiger partial charge in [0.2, 0.25) is 0 Å². The van der Waals surface area contributed by atoms with Gasteiger partial charge in [-0.1, -0.05) is 167 Å². The van der Waals surface area contributed by atoms with Crippen molar-refractivity contribution in [3.8, 4) is 0 Å². The number of carbonyl (C=O) groups is 2. The van der Waals surface area contributed by atoms with E-state index < -0.39 is 0 Å². The highest BCUT2D eigenvalue weighted by atomic mass is 16.2. The Morgan fingerprint density at radius 1 is 0.438 bits per heavy atom. The Labute approximate surface area is 296 Å². The molecule has 2 aromatic rings. The van der Waals surface area contributed by atoms with Gasteiger partial charge in [-0.15, -0.1) is 0 Å². The third-order valence-corrected chi connectivity index (χ3v) is 9.87. The Balaban J connectivity index is 1.83. The molecule has 2 rings (SSSR count). The van der Waals surface area contributed by atoms with E-state index in [4.69, 9.17) is 5.73 Å². The fraction of sp³-hybridized carbons (Fsp3) is 0.682. The molecule has 2 N–H and O–H groups in total. The largest absolute Gasteiger partial charge is 0.330 e. The van der Waals surface area contributed by atoms with Gasteiger partial charge < -0.3 is 5.73 Å². The molecule has 0 atom stereocenters. The quantitative estimate of drug-likeness (QED) is 0.0670. The van der Waals surface area contributed by atoms with Gasteiger partial charge in [0.15, 0.2) is 0 Å². The van der Waals surface area contributed by atoms with Crippen molar-refractivity contribution in [2.24, 2.45) is 5.73 Å². The second-order valence-electron chi connectivity index (χ2n) is 14.2.